The van der Waals surface area contributed by atoms with Gasteiger partial charge < -0.3 is 14.4 Å². The van der Waals surface area contributed by atoms with Crippen molar-refractivity contribution in [3.8, 4) is 0 Å². The Morgan fingerprint density at radius 1 is 1.11 bits per heavy atom. The van der Waals surface area contributed by atoms with Gasteiger partial charge in [-0.05, 0) is 30.5 Å². The lowest BCUT2D eigenvalue weighted by Crippen LogP contribution is -2.53. The second-order valence-electron chi connectivity index (χ2n) is 7.36. The fraction of sp³-hybridized carbons (Fsp3) is 0.381. The summed E-state index contributed by atoms with van der Waals surface area (Å²) in [5.74, 6) is 0.0603. The minimum absolute atomic E-state index is 0.00957. The lowest BCUT2D eigenvalue weighted by Gasteiger charge is -2.39. The number of pyridine rings is 1. The van der Waals surface area contributed by atoms with Gasteiger partial charge in [0.15, 0.2) is 0 Å². The Bertz CT molecular complexity index is 951. The molecule has 0 aliphatic carbocycles. The van der Waals surface area contributed by atoms with Crippen LogP contribution in [0.1, 0.15) is 24.8 Å². The first kappa shape index (κ1) is 17.5. The van der Waals surface area contributed by atoms with Gasteiger partial charge in [-0.3, -0.25) is 14.4 Å². The summed E-state index contributed by atoms with van der Waals surface area (Å²) in [7, 11) is 1.80. The SMILES string of the molecule is CN1C(=O)[C@@]2(CCCN(C(=O)CCn3ccccc3=O)C2)c2ccccc21. The van der Waals surface area contributed by atoms with Crippen LogP contribution in [0.15, 0.2) is 53.5 Å². The Morgan fingerprint density at radius 3 is 2.70 bits per heavy atom. The van der Waals surface area contributed by atoms with Gasteiger partial charge in [0, 0.05) is 51.1 Å². The van der Waals surface area contributed by atoms with E-state index < -0.39 is 5.41 Å². The molecular formula is C21H23N3O3. The zero-order chi connectivity index (χ0) is 19.0. The van der Waals surface area contributed by atoms with Crippen LogP contribution in [0.2, 0.25) is 0 Å². The lowest BCUT2D eigenvalue weighted by molar-refractivity contribution is -0.136. The number of benzene rings is 1. The van der Waals surface area contributed by atoms with Crippen LogP contribution < -0.4 is 10.5 Å². The Labute approximate surface area is 158 Å². The zero-order valence-corrected chi connectivity index (χ0v) is 15.4. The van der Waals surface area contributed by atoms with Crippen LogP contribution in [0.3, 0.4) is 0 Å². The van der Waals surface area contributed by atoms with E-state index in [2.05, 4.69) is 0 Å². The minimum Gasteiger partial charge on any atom is -0.341 e. The van der Waals surface area contributed by atoms with Crippen molar-refractivity contribution in [2.75, 3.05) is 25.0 Å². The van der Waals surface area contributed by atoms with Crippen molar-refractivity contribution in [3.63, 3.8) is 0 Å². The quantitative estimate of drug-likeness (QED) is 0.833. The van der Waals surface area contributed by atoms with Gasteiger partial charge >= 0.3 is 0 Å². The number of hydrogen-bond acceptors (Lipinski definition) is 3. The van der Waals surface area contributed by atoms with Crippen LogP contribution in [-0.2, 0) is 21.5 Å². The minimum atomic E-state index is -0.636. The first-order valence-corrected chi connectivity index (χ1v) is 9.34. The largest absolute Gasteiger partial charge is 0.341 e. The molecule has 1 atom stereocenters. The summed E-state index contributed by atoms with van der Waals surface area (Å²) in [6.07, 6.45) is 3.50. The molecule has 0 N–H and O–H groups in total. The highest BCUT2D eigenvalue weighted by Crippen LogP contribution is 2.46. The predicted octanol–water partition coefficient (Wildman–Crippen LogP) is 1.78. The molecule has 2 aromatic rings. The summed E-state index contributed by atoms with van der Waals surface area (Å²) in [6, 6.07) is 12.8. The van der Waals surface area contributed by atoms with E-state index in [1.807, 2.05) is 24.3 Å². The number of likely N-dealkylation sites (tertiary alicyclic amines) is 1. The van der Waals surface area contributed by atoms with Gasteiger partial charge in [-0.25, -0.2) is 0 Å². The second kappa shape index (κ2) is 6.68. The van der Waals surface area contributed by atoms with E-state index in [4.69, 9.17) is 0 Å². The summed E-state index contributed by atoms with van der Waals surface area (Å²) in [5.41, 5.74) is 1.21. The van der Waals surface area contributed by atoms with Crippen LogP contribution in [-0.4, -0.2) is 41.4 Å². The predicted molar refractivity (Wildman–Crippen MR) is 103 cm³/mol. The number of piperidine rings is 1. The number of anilines is 1. The van der Waals surface area contributed by atoms with Gasteiger partial charge in [0.05, 0.1) is 5.41 Å². The third-order valence-electron chi connectivity index (χ3n) is 5.81. The molecule has 4 rings (SSSR count). The van der Waals surface area contributed by atoms with Crippen molar-refractivity contribution in [1.29, 1.82) is 0 Å². The smallest absolute Gasteiger partial charge is 0.250 e. The van der Waals surface area contributed by atoms with E-state index in [-0.39, 0.29) is 23.8 Å². The molecule has 1 fully saturated rings. The monoisotopic (exact) mass is 365 g/mol. The van der Waals surface area contributed by atoms with E-state index in [0.29, 0.717) is 19.6 Å². The number of aryl methyl sites for hydroxylation is 1. The lowest BCUT2D eigenvalue weighted by atomic mass is 9.75. The molecule has 2 aliphatic rings. The molecule has 0 saturated carbocycles. The molecule has 0 bridgehead atoms. The van der Waals surface area contributed by atoms with E-state index in [9.17, 15) is 14.4 Å². The molecule has 6 nitrogen and oxygen atoms in total. The van der Waals surface area contributed by atoms with Crippen molar-refractivity contribution in [2.45, 2.75) is 31.2 Å². The normalized spacial score (nSPS) is 21.6. The molecular weight excluding hydrogens is 342 g/mol. The number of hydrogen-bond donors (Lipinski definition) is 0. The molecule has 1 saturated heterocycles. The van der Waals surface area contributed by atoms with E-state index in [1.165, 1.54) is 6.07 Å². The first-order valence-electron chi connectivity index (χ1n) is 9.34. The number of carbonyl (C=O) groups is 2. The van der Waals surface area contributed by atoms with Crippen LogP contribution in [0.25, 0.3) is 0 Å². The summed E-state index contributed by atoms with van der Waals surface area (Å²) < 4.78 is 1.54. The third kappa shape index (κ3) is 2.85. The highest BCUT2D eigenvalue weighted by atomic mass is 16.2. The zero-order valence-electron chi connectivity index (χ0n) is 15.4. The number of nitrogens with zero attached hydrogens (tertiary/aromatic N) is 3. The van der Waals surface area contributed by atoms with Crippen molar-refractivity contribution in [3.05, 3.63) is 64.6 Å². The molecule has 6 heteroatoms. The van der Waals surface area contributed by atoms with E-state index >= 15 is 0 Å². The van der Waals surface area contributed by atoms with Crippen molar-refractivity contribution in [1.82, 2.24) is 9.47 Å². The maximum absolute atomic E-state index is 13.1. The average molecular weight is 365 g/mol. The highest BCUT2D eigenvalue weighted by Gasteiger charge is 2.52. The maximum atomic E-state index is 13.1. The van der Waals surface area contributed by atoms with Gasteiger partial charge in [-0.1, -0.05) is 24.3 Å². The Balaban J connectivity index is 1.53. The standard InChI is InChI=1S/C21H23N3O3/c1-22-17-8-3-2-7-16(17)21(20(22)27)11-6-13-24(15-21)19(26)10-14-23-12-5-4-9-18(23)25/h2-5,7-9,12H,6,10-11,13-15H2,1H3/t21-/m1/s1. The van der Waals surface area contributed by atoms with Gasteiger partial charge in [0.2, 0.25) is 11.8 Å². The average Bonchev–Trinajstić information content (AvgIpc) is 2.90. The summed E-state index contributed by atoms with van der Waals surface area (Å²) >= 11 is 0. The maximum Gasteiger partial charge on any atom is 0.250 e. The molecule has 2 amide bonds. The number of rotatable bonds is 3. The Kier molecular flexibility index (Phi) is 4.34. The van der Waals surface area contributed by atoms with Crippen molar-refractivity contribution >= 4 is 17.5 Å². The fourth-order valence-corrected chi connectivity index (χ4v) is 4.40. The third-order valence-corrected chi connectivity index (χ3v) is 5.81. The van der Waals surface area contributed by atoms with E-state index in [0.717, 1.165) is 24.1 Å². The molecule has 0 radical (unpaired) electrons. The molecule has 0 unspecified atom stereocenters. The number of amides is 2. The molecule has 1 spiro atoms. The molecule has 3 heterocycles. The van der Waals surface area contributed by atoms with E-state index in [1.54, 1.807) is 39.7 Å². The Morgan fingerprint density at radius 2 is 1.89 bits per heavy atom. The number of fused-ring (bicyclic) bond motifs is 2. The molecule has 1 aromatic carbocycles. The first-order chi connectivity index (χ1) is 13.0. The van der Waals surface area contributed by atoms with Crippen molar-refractivity contribution < 1.29 is 9.59 Å². The topological polar surface area (TPSA) is 62.6 Å². The highest BCUT2D eigenvalue weighted by molar-refractivity contribution is 6.08. The second-order valence-corrected chi connectivity index (χ2v) is 7.36. The van der Waals surface area contributed by atoms with Crippen LogP contribution in [0.5, 0.6) is 0 Å². The van der Waals surface area contributed by atoms with Gasteiger partial charge in [-0.15, -0.1) is 0 Å². The Hall–Kier alpha value is -2.89. The fourth-order valence-electron chi connectivity index (χ4n) is 4.40. The van der Waals surface area contributed by atoms with Gasteiger partial charge in [-0.2, -0.15) is 0 Å². The van der Waals surface area contributed by atoms with Gasteiger partial charge in [0.25, 0.3) is 5.56 Å². The molecule has 2 aliphatic heterocycles. The number of likely N-dealkylation sites (N-methyl/N-ethyl adjacent to an activating group) is 1. The molecule has 140 valence electrons. The number of para-hydroxylation sites is 1. The van der Waals surface area contributed by atoms with Crippen molar-refractivity contribution in [2.24, 2.45) is 0 Å². The molecule has 27 heavy (non-hydrogen) atoms. The summed E-state index contributed by atoms with van der Waals surface area (Å²) in [5, 5.41) is 0. The van der Waals surface area contributed by atoms with Gasteiger partial charge in [0.1, 0.15) is 0 Å². The van der Waals surface area contributed by atoms with Crippen LogP contribution in [0.4, 0.5) is 5.69 Å². The number of aromatic nitrogens is 1. The molecule has 1 aromatic heterocycles. The van der Waals surface area contributed by atoms with Crippen LogP contribution >= 0.6 is 0 Å². The number of carbonyl (C=O) groups excluding carboxylic acids is 2. The van der Waals surface area contributed by atoms with Crippen LogP contribution in [0, 0.1) is 0 Å². The summed E-state index contributed by atoms with van der Waals surface area (Å²) in [6.45, 7) is 1.42. The summed E-state index contributed by atoms with van der Waals surface area (Å²) in [4.78, 5) is 41.2.